The van der Waals surface area contributed by atoms with E-state index in [1.54, 1.807) is 0 Å². The summed E-state index contributed by atoms with van der Waals surface area (Å²) in [6.07, 6.45) is 1.96. The lowest BCUT2D eigenvalue weighted by molar-refractivity contribution is 0.162. The predicted molar refractivity (Wildman–Crippen MR) is 84.7 cm³/mol. The van der Waals surface area contributed by atoms with Crippen molar-refractivity contribution < 1.29 is 9.50 Å². The zero-order chi connectivity index (χ0) is 13.0. The molecule has 0 bridgehead atoms. The second-order valence-electron chi connectivity index (χ2n) is 4.79. The highest BCUT2D eigenvalue weighted by atomic mass is 35.5. The van der Waals surface area contributed by atoms with Crippen LogP contribution in [0.3, 0.4) is 0 Å². The van der Waals surface area contributed by atoms with E-state index in [1.165, 1.54) is 18.2 Å². The number of piperazine rings is 1. The molecule has 1 fully saturated rings. The van der Waals surface area contributed by atoms with Gasteiger partial charge in [-0.05, 0) is 24.6 Å². The van der Waals surface area contributed by atoms with Crippen molar-refractivity contribution in [2.24, 2.45) is 0 Å². The molecular formula is C14H23Cl2FN2O. The summed E-state index contributed by atoms with van der Waals surface area (Å²) >= 11 is 0. The molecule has 6 heteroatoms. The minimum absolute atomic E-state index is 0. The predicted octanol–water partition coefficient (Wildman–Crippen LogP) is 3.12. The van der Waals surface area contributed by atoms with Gasteiger partial charge in [-0.3, -0.25) is 4.90 Å². The minimum Gasteiger partial charge on any atom is -0.508 e. The first-order chi connectivity index (χ1) is 8.72. The van der Waals surface area contributed by atoms with Crippen LogP contribution in [0.1, 0.15) is 31.4 Å². The molecule has 1 aromatic carbocycles. The van der Waals surface area contributed by atoms with Crippen LogP contribution in [-0.4, -0.2) is 36.2 Å². The van der Waals surface area contributed by atoms with E-state index >= 15 is 0 Å². The van der Waals surface area contributed by atoms with Gasteiger partial charge >= 0.3 is 0 Å². The first-order valence-electron chi connectivity index (χ1n) is 6.65. The Morgan fingerprint density at radius 2 is 1.95 bits per heavy atom. The quantitative estimate of drug-likeness (QED) is 0.893. The minimum atomic E-state index is -0.279. The Morgan fingerprint density at radius 1 is 1.30 bits per heavy atom. The number of nitrogens with one attached hydrogen (secondary N) is 1. The number of halogens is 3. The average molecular weight is 325 g/mol. The van der Waals surface area contributed by atoms with Gasteiger partial charge in [-0.2, -0.15) is 0 Å². The van der Waals surface area contributed by atoms with Crippen LogP contribution >= 0.6 is 24.8 Å². The third-order valence-electron chi connectivity index (χ3n) is 3.50. The molecule has 2 N–H and O–H groups in total. The molecule has 1 saturated heterocycles. The normalized spacial score (nSPS) is 16.9. The fraction of sp³-hybridized carbons (Fsp3) is 0.571. The van der Waals surface area contributed by atoms with E-state index < -0.39 is 0 Å². The van der Waals surface area contributed by atoms with Crippen molar-refractivity contribution >= 4 is 24.8 Å². The maximum Gasteiger partial charge on any atom is 0.123 e. The Bertz CT molecular complexity index is 401. The van der Waals surface area contributed by atoms with E-state index in [9.17, 15) is 9.50 Å². The van der Waals surface area contributed by atoms with Gasteiger partial charge in [0.15, 0.2) is 0 Å². The monoisotopic (exact) mass is 324 g/mol. The van der Waals surface area contributed by atoms with Crippen LogP contribution in [0.4, 0.5) is 4.39 Å². The van der Waals surface area contributed by atoms with Crippen LogP contribution in [0.2, 0.25) is 0 Å². The van der Waals surface area contributed by atoms with Gasteiger partial charge in [-0.25, -0.2) is 4.39 Å². The first-order valence-corrected chi connectivity index (χ1v) is 6.65. The fourth-order valence-electron chi connectivity index (χ4n) is 2.59. The number of phenols is 1. The summed E-state index contributed by atoms with van der Waals surface area (Å²) in [6.45, 7) is 5.92. The Labute approximate surface area is 132 Å². The fourth-order valence-corrected chi connectivity index (χ4v) is 2.59. The molecule has 0 radical (unpaired) electrons. The van der Waals surface area contributed by atoms with E-state index in [0.717, 1.165) is 44.6 Å². The van der Waals surface area contributed by atoms with Crippen LogP contribution in [0.25, 0.3) is 0 Å². The van der Waals surface area contributed by atoms with Crippen LogP contribution in [-0.2, 0) is 0 Å². The first kappa shape index (κ1) is 19.4. The maximum absolute atomic E-state index is 13.4. The van der Waals surface area contributed by atoms with Crippen molar-refractivity contribution in [2.45, 2.75) is 25.8 Å². The number of phenolic OH excluding ortho intramolecular Hbond substituents is 1. The molecule has 1 aromatic rings. The standard InChI is InChI=1S/C14H21FN2O.2ClH/c1-2-3-13(17-8-6-16-7-9-17)12-10-11(15)4-5-14(12)18;;/h4-5,10,13,16,18H,2-3,6-9H2,1H3;2*1H/t13-;;/m0../s1. The molecule has 0 unspecified atom stereocenters. The van der Waals surface area contributed by atoms with E-state index in [4.69, 9.17) is 0 Å². The third kappa shape index (κ3) is 4.77. The summed E-state index contributed by atoms with van der Waals surface area (Å²) in [5.74, 6) is -0.0765. The molecule has 0 saturated carbocycles. The molecule has 1 aliphatic heterocycles. The van der Waals surface area contributed by atoms with Gasteiger partial charge in [0, 0.05) is 37.8 Å². The smallest absolute Gasteiger partial charge is 0.123 e. The lowest BCUT2D eigenvalue weighted by atomic mass is 9.98. The molecule has 20 heavy (non-hydrogen) atoms. The number of rotatable bonds is 4. The van der Waals surface area contributed by atoms with Crippen LogP contribution in [0.5, 0.6) is 5.75 Å². The highest BCUT2D eigenvalue weighted by Gasteiger charge is 2.23. The van der Waals surface area contributed by atoms with E-state index in [0.29, 0.717) is 0 Å². The topological polar surface area (TPSA) is 35.5 Å². The second-order valence-corrected chi connectivity index (χ2v) is 4.79. The summed E-state index contributed by atoms with van der Waals surface area (Å²) in [6, 6.07) is 4.35. The maximum atomic E-state index is 13.4. The highest BCUT2D eigenvalue weighted by molar-refractivity contribution is 5.85. The molecule has 2 rings (SSSR count). The summed E-state index contributed by atoms with van der Waals surface area (Å²) < 4.78 is 13.4. The lowest BCUT2D eigenvalue weighted by Gasteiger charge is -2.35. The SMILES string of the molecule is CCC[C@@H](c1cc(F)ccc1O)N1CCNCC1.Cl.Cl. The summed E-state index contributed by atoms with van der Waals surface area (Å²) in [4.78, 5) is 2.33. The summed E-state index contributed by atoms with van der Waals surface area (Å²) in [5, 5.41) is 13.3. The van der Waals surface area contributed by atoms with Gasteiger partial charge in [0.25, 0.3) is 0 Å². The molecule has 1 atom stereocenters. The molecule has 0 amide bonds. The average Bonchev–Trinajstić information content (AvgIpc) is 2.40. The zero-order valence-corrected chi connectivity index (χ0v) is 13.3. The highest BCUT2D eigenvalue weighted by Crippen LogP contribution is 2.32. The van der Waals surface area contributed by atoms with Gasteiger partial charge in [0.05, 0.1) is 0 Å². The van der Waals surface area contributed by atoms with Crippen LogP contribution in [0, 0.1) is 5.82 Å². The van der Waals surface area contributed by atoms with Gasteiger partial charge < -0.3 is 10.4 Å². The summed E-state index contributed by atoms with van der Waals surface area (Å²) in [7, 11) is 0. The van der Waals surface area contributed by atoms with Gasteiger partial charge in [0.2, 0.25) is 0 Å². The van der Waals surface area contributed by atoms with Gasteiger partial charge in [-0.15, -0.1) is 24.8 Å². The Hall–Kier alpha value is -0.550. The number of benzene rings is 1. The molecule has 0 spiro atoms. The van der Waals surface area contributed by atoms with Crippen molar-refractivity contribution in [3.8, 4) is 5.75 Å². The van der Waals surface area contributed by atoms with Crippen molar-refractivity contribution in [3.05, 3.63) is 29.6 Å². The van der Waals surface area contributed by atoms with Crippen molar-refractivity contribution in [1.29, 1.82) is 0 Å². The molecular weight excluding hydrogens is 302 g/mol. The molecule has 116 valence electrons. The molecule has 0 aromatic heterocycles. The van der Waals surface area contributed by atoms with Crippen LogP contribution in [0.15, 0.2) is 18.2 Å². The zero-order valence-electron chi connectivity index (χ0n) is 11.6. The Morgan fingerprint density at radius 3 is 2.55 bits per heavy atom. The Kier molecular flexibility index (Phi) is 9.14. The van der Waals surface area contributed by atoms with E-state index in [-0.39, 0.29) is 42.4 Å². The van der Waals surface area contributed by atoms with E-state index in [1.807, 2.05) is 0 Å². The molecule has 3 nitrogen and oxygen atoms in total. The second kappa shape index (κ2) is 9.40. The van der Waals surface area contributed by atoms with Gasteiger partial charge in [0.1, 0.15) is 11.6 Å². The van der Waals surface area contributed by atoms with Crippen molar-refractivity contribution in [2.75, 3.05) is 26.2 Å². The largest absolute Gasteiger partial charge is 0.508 e. The van der Waals surface area contributed by atoms with Crippen molar-refractivity contribution in [1.82, 2.24) is 10.2 Å². The molecule has 1 aliphatic rings. The summed E-state index contributed by atoms with van der Waals surface area (Å²) in [5.41, 5.74) is 0.721. The number of hydrogen-bond acceptors (Lipinski definition) is 3. The van der Waals surface area contributed by atoms with Crippen molar-refractivity contribution in [3.63, 3.8) is 0 Å². The Balaban J connectivity index is 0.00000180. The lowest BCUT2D eigenvalue weighted by Crippen LogP contribution is -2.45. The molecule has 1 heterocycles. The number of aromatic hydroxyl groups is 1. The van der Waals surface area contributed by atoms with E-state index in [2.05, 4.69) is 17.1 Å². The third-order valence-corrected chi connectivity index (χ3v) is 3.50. The number of nitrogens with zero attached hydrogens (tertiary/aromatic N) is 1. The number of hydrogen-bond donors (Lipinski definition) is 2. The van der Waals surface area contributed by atoms with Crippen LogP contribution < -0.4 is 5.32 Å². The molecule has 0 aliphatic carbocycles. The van der Waals surface area contributed by atoms with Gasteiger partial charge in [-0.1, -0.05) is 13.3 Å².